The van der Waals surface area contributed by atoms with E-state index in [0.29, 0.717) is 14.7 Å². The second kappa shape index (κ2) is 5.03. The van der Waals surface area contributed by atoms with Crippen molar-refractivity contribution in [3.05, 3.63) is 46.5 Å². The van der Waals surface area contributed by atoms with E-state index in [2.05, 4.69) is 20.9 Å². The molecule has 1 aromatic heterocycles. The quantitative estimate of drug-likeness (QED) is 0.795. The van der Waals surface area contributed by atoms with Crippen LogP contribution in [0.1, 0.15) is 22.7 Å². The van der Waals surface area contributed by atoms with Gasteiger partial charge < -0.3 is 0 Å². The molecule has 2 heterocycles. The molecule has 0 spiro atoms. The number of ketones is 1. The van der Waals surface area contributed by atoms with E-state index in [-0.39, 0.29) is 17.9 Å². The van der Waals surface area contributed by atoms with Crippen LogP contribution in [0.25, 0.3) is 0 Å². The smallest absolute Gasteiger partial charge is 0.296 e. The normalized spacial score (nSPS) is 14.2. The van der Waals surface area contributed by atoms with Crippen molar-refractivity contribution in [2.75, 3.05) is 4.90 Å². The van der Waals surface area contributed by atoms with E-state index in [1.807, 2.05) is 0 Å². The lowest BCUT2D eigenvalue weighted by molar-refractivity contribution is -0.114. The van der Waals surface area contributed by atoms with Gasteiger partial charge in [0, 0.05) is 16.9 Å². The van der Waals surface area contributed by atoms with Gasteiger partial charge in [0.25, 0.3) is 11.7 Å². The number of aromatic nitrogens is 2. The molecule has 1 aliphatic heterocycles. The van der Waals surface area contributed by atoms with Crippen LogP contribution in [-0.2, 0) is 11.3 Å². The van der Waals surface area contributed by atoms with Gasteiger partial charge in [-0.2, -0.15) is 8.78 Å². The van der Waals surface area contributed by atoms with Gasteiger partial charge in [-0.3, -0.25) is 19.1 Å². The number of imidazole rings is 1. The van der Waals surface area contributed by atoms with Crippen LogP contribution in [0.3, 0.4) is 0 Å². The molecule has 0 atom stereocenters. The number of para-hydroxylation sites is 1. The minimum Gasteiger partial charge on any atom is -0.296 e. The number of fused-ring (bicyclic) bond motifs is 1. The zero-order valence-electron chi connectivity index (χ0n) is 10.5. The molecule has 0 N–H and O–H groups in total. The molecule has 0 bridgehead atoms. The van der Waals surface area contributed by atoms with E-state index in [4.69, 9.17) is 0 Å². The number of anilines is 1. The number of rotatable bonds is 3. The number of alkyl halides is 2. The Kier molecular flexibility index (Phi) is 3.32. The molecule has 21 heavy (non-hydrogen) atoms. The summed E-state index contributed by atoms with van der Waals surface area (Å²) >= 11 is 3.27. The molecule has 0 aliphatic carbocycles. The van der Waals surface area contributed by atoms with Gasteiger partial charge in [-0.15, -0.1) is 0 Å². The van der Waals surface area contributed by atoms with Crippen molar-refractivity contribution < 1.29 is 18.4 Å². The molecule has 0 radical (unpaired) electrons. The summed E-state index contributed by atoms with van der Waals surface area (Å²) in [4.78, 5) is 29.0. The van der Waals surface area contributed by atoms with E-state index in [1.165, 1.54) is 12.3 Å². The van der Waals surface area contributed by atoms with Crippen LogP contribution in [0.5, 0.6) is 0 Å². The molecular formula is C13H8BrF2N3O2. The highest BCUT2D eigenvalue weighted by Gasteiger charge is 2.37. The van der Waals surface area contributed by atoms with Gasteiger partial charge in [0.15, 0.2) is 0 Å². The topological polar surface area (TPSA) is 55.2 Å². The average molecular weight is 356 g/mol. The Morgan fingerprint density at radius 2 is 2.05 bits per heavy atom. The minimum absolute atomic E-state index is 0.00903. The molecule has 1 aromatic carbocycles. The van der Waals surface area contributed by atoms with Crippen LogP contribution in [0.2, 0.25) is 0 Å². The molecule has 1 amide bonds. The predicted molar refractivity (Wildman–Crippen MR) is 73.1 cm³/mol. The monoisotopic (exact) mass is 355 g/mol. The van der Waals surface area contributed by atoms with Gasteiger partial charge in [0.05, 0.1) is 17.8 Å². The fourth-order valence-electron chi connectivity index (χ4n) is 2.25. The number of hydrogen-bond donors (Lipinski definition) is 0. The number of benzene rings is 1. The minimum atomic E-state index is -2.76. The van der Waals surface area contributed by atoms with Gasteiger partial charge in [0.2, 0.25) is 0 Å². The fraction of sp³-hybridized carbons (Fsp3) is 0.154. The van der Waals surface area contributed by atoms with Crippen molar-refractivity contribution in [1.29, 1.82) is 0 Å². The second-order valence-electron chi connectivity index (χ2n) is 4.38. The summed E-state index contributed by atoms with van der Waals surface area (Å²) in [6, 6.07) is 4.84. The van der Waals surface area contributed by atoms with Gasteiger partial charge in [-0.1, -0.05) is 6.07 Å². The number of halogens is 3. The Morgan fingerprint density at radius 3 is 2.76 bits per heavy atom. The Balaban J connectivity index is 2.03. The summed E-state index contributed by atoms with van der Waals surface area (Å²) < 4.78 is 26.9. The highest BCUT2D eigenvalue weighted by atomic mass is 79.9. The van der Waals surface area contributed by atoms with E-state index in [1.54, 1.807) is 12.1 Å². The summed E-state index contributed by atoms with van der Waals surface area (Å²) in [7, 11) is 0. The molecule has 8 heteroatoms. The predicted octanol–water partition coefficient (Wildman–Crippen LogP) is 2.77. The first-order valence-corrected chi connectivity index (χ1v) is 6.74. The Hall–Kier alpha value is -2.09. The van der Waals surface area contributed by atoms with Gasteiger partial charge in [-0.25, -0.2) is 4.98 Å². The van der Waals surface area contributed by atoms with Crippen LogP contribution < -0.4 is 4.90 Å². The highest BCUT2D eigenvalue weighted by Crippen LogP contribution is 2.36. The molecule has 0 fully saturated rings. The maximum Gasteiger partial charge on any atom is 0.319 e. The maximum absolute atomic E-state index is 12.8. The van der Waals surface area contributed by atoms with Crippen molar-refractivity contribution in [2.45, 2.75) is 13.1 Å². The second-order valence-corrected chi connectivity index (χ2v) is 5.24. The standard InChI is InChI=1S/C13H8BrF2N3O2/c14-8-3-1-2-7-10(8)19(12(21)11(7)20)6-9-17-4-5-18(9)13(15)16/h1-5,13H,6H2. The lowest BCUT2D eigenvalue weighted by Crippen LogP contribution is -2.30. The summed E-state index contributed by atoms with van der Waals surface area (Å²) in [6.07, 6.45) is 2.36. The number of carbonyl (C=O) groups is 2. The third-order valence-electron chi connectivity index (χ3n) is 3.20. The lowest BCUT2D eigenvalue weighted by atomic mass is 10.1. The van der Waals surface area contributed by atoms with Gasteiger partial charge >= 0.3 is 6.55 Å². The molecule has 0 saturated carbocycles. The fourth-order valence-corrected chi connectivity index (χ4v) is 2.83. The Labute approximate surface area is 126 Å². The zero-order chi connectivity index (χ0) is 15.1. The van der Waals surface area contributed by atoms with Crippen molar-refractivity contribution >= 4 is 33.3 Å². The van der Waals surface area contributed by atoms with E-state index in [0.717, 1.165) is 11.1 Å². The first-order valence-electron chi connectivity index (χ1n) is 5.95. The SMILES string of the molecule is O=C1C(=O)N(Cc2nccn2C(F)F)c2c(Br)cccc21. The molecule has 0 saturated heterocycles. The van der Waals surface area contributed by atoms with Crippen molar-refractivity contribution in [3.8, 4) is 0 Å². The third-order valence-corrected chi connectivity index (χ3v) is 3.84. The third kappa shape index (κ3) is 2.15. The number of carbonyl (C=O) groups excluding carboxylic acids is 2. The van der Waals surface area contributed by atoms with Crippen molar-refractivity contribution in [3.63, 3.8) is 0 Å². The van der Waals surface area contributed by atoms with Crippen LogP contribution in [0.4, 0.5) is 14.5 Å². The van der Waals surface area contributed by atoms with Crippen LogP contribution >= 0.6 is 15.9 Å². The van der Waals surface area contributed by atoms with Crippen molar-refractivity contribution in [2.24, 2.45) is 0 Å². The molecule has 0 unspecified atom stereocenters. The largest absolute Gasteiger partial charge is 0.319 e. The van der Waals surface area contributed by atoms with Crippen LogP contribution in [-0.4, -0.2) is 21.2 Å². The summed E-state index contributed by atoms with van der Waals surface area (Å²) in [5, 5.41) is 0. The Bertz CT molecular complexity index is 745. The first kappa shape index (κ1) is 13.9. The maximum atomic E-state index is 12.8. The van der Waals surface area contributed by atoms with Gasteiger partial charge in [0.1, 0.15) is 5.82 Å². The van der Waals surface area contributed by atoms with Crippen molar-refractivity contribution in [1.82, 2.24) is 9.55 Å². The molecule has 5 nitrogen and oxygen atoms in total. The zero-order valence-corrected chi connectivity index (χ0v) is 12.0. The van der Waals surface area contributed by atoms with E-state index < -0.39 is 18.2 Å². The molecular weight excluding hydrogens is 348 g/mol. The van der Waals surface area contributed by atoms with E-state index in [9.17, 15) is 18.4 Å². The molecule has 2 aromatic rings. The first-order chi connectivity index (χ1) is 10.0. The molecule has 108 valence electrons. The number of nitrogens with zero attached hydrogens (tertiary/aromatic N) is 3. The van der Waals surface area contributed by atoms with Crippen LogP contribution in [0, 0.1) is 0 Å². The van der Waals surface area contributed by atoms with Crippen LogP contribution in [0.15, 0.2) is 35.1 Å². The summed E-state index contributed by atoms with van der Waals surface area (Å²) in [6.45, 7) is -2.95. The Morgan fingerprint density at radius 1 is 1.29 bits per heavy atom. The summed E-state index contributed by atoms with van der Waals surface area (Å²) in [5.74, 6) is -1.39. The van der Waals surface area contributed by atoms with Gasteiger partial charge in [-0.05, 0) is 28.1 Å². The molecule has 3 rings (SSSR count). The summed E-state index contributed by atoms with van der Waals surface area (Å²) in [5.41, 5.74) is 0.640. The number of Topliss-reactive ketones (excluding diaryl/α,β-unsaturated/α-hetero) is 1. The molecule has 1 aliphatic rings. The lowest BCUT2D eigenvalue weighted by Gasteiger charge is -2.18. The number of amides is 1. The van der Waals surface area contributed by atoms with E-state index >= 15 is 0 Å². The highest BCUT2D eigenvalue weighted by molar-refractivity contribution is 9.10. The average Bonchev–Trinajstić information content (AvgIpc) is 2.99. The number of hydrogen-bond acceptors (Lipinski definition) is 3.